The molecule has 0 aliphatic heterocycles. The van der Waals surface area contributed by atoms with Crippen LogP contribution in [0.1, 0.15) is 20.8 Å². The Labute approximate surface area is 130 Å². The number of esters is 1. The Morgan fingerprint density at radius 3 is 2.07 bits per heavy atom. The van der Waals surface area contributed by atoms with E-state index >= 15 is 0 Å². The van der Waals surface area contributed by atoms with Crippen molar-refractivity contribution in [2.24, 2.45) is 5.73 Å². The molecule has 0 aliphatic rings. The fourth-order valence-electron chi connectivity index (χ4n) is 0.762. The average Bonchev–Trinajstić information content (AvgIpc) is 1.78. The standard InChI is InChI=1S/C7H14BF3NO2.K/c1-7(2,3)14-6(13)5(12)4-8(9,10)11;/h5H,4,12H2,1-3H3;/q-1;+1. The second kappa shape index (κ2) is 6.61. The third-order valence-electron chi connectivity index (χ3n) is 1.23. The van der Waals surface area contributed by atoms with Gasteiger partial charge in [0, 0.05) is 0 Å². The first-order chi connectivity index (χ1) is 6.01. The second-order valence-corrected chi connectivity index (χ2v) is 4.09. The van der Waals surface area contributed by atoms with Gasteiger partial charge in [-0.2, -0.15) is 0 Å². The Morgan fingerprint density at radius 1 is 1.40 bits per heavy atom. The monoisotopic (exact) mass is 251 g/mol. The van der Waals surface area contributed by atoms with Crippen molar-refractivity contribution in [2.45, 2.75) is 38.7 Å². The molecule has 0 heterocycles. The van der Waals surface area contributed by atoms with Crippen LogP contribution in [0.5, 0.6) is 0 Å². The number of rotatable bonds is 3. The molecule has 0 aromatic carbocycles. The van der Waals surface area contributed by atoms with Gasteiger partial charge < -0.3 is 23.4 Å². The largest absolute Gasteiger partial charge is 1.00 e. The summed E-state index contributed by atoms with van der Waals surface area (Å²) in [6, 6.07) is -1.62. The third kappa shape index (κ3) is 11.2. The summed E-state index contributed by atoms with van der Waals surface area (Å²) in [5, 5.41) is 0. The van der Waals surface area contributed by atoms with Crippen LogP contribution in [0, 0.1) is 0 Å². The van der Waals surface area contributed by atoms with Crippen LogP contribution in [0.2, 0.25) is 6.32 Å². The summed E-state index contributed by atoms with van der Waals surface area (Å²) < 4.78 is 40.3. The molecule has 3 nitrogen and oxygen atoms in total. The molecule has 2 N–H and O–H groups in total. The van der Waals surface area contributed by atoms with Crippen molar-refractivity contribution in [3.63, 3.8) is 0 Å². The average molecular weight is 251 g/mol. The fraction of sp³-hybridized carbons (Fsp3) is 0.857. The minimum absolute atomic E-state index is 0. The smallest absolute Gasteiger partial charge is 0.459 e. The van der Waals surface area contributed by atoms with Gasteiger partial charge in [-0.1, -0.05) is 6.32 Å². The first-order valence-electron chi connectivity index (χ1n) is 4.21. The predicted octanol–water partition coefficient (Wildman–Crippen LogP) is -1.49. The molecule has 0 saturated heterocycles. The van der Waals surface area contributed by atoms with E-state index in [1.165, 1.54) is 0 Å². The van der Waals surface area contributed by atoms with Crippen molar-refractivity contribution >= 4 is 12.9 Å². The van der Waals surface area contributed by atoms with Crippen LogP contribution in [-0.2, 0) is 9.53 Å². The summed E-state index contributed by atoms with van der Waals surface area (Å²) in [7, 11) is 0. The number of nitrogens with two attached hydrogens (primary N) is 1. The van der Waals surface area contributed by atoms with Crippen LogP contribution in [0.4, 0.5) is 12.9 Å². The summed E-state index contributed by atoms with van der Waals surface area (Å²) in [4.78, 5) is 11.0. The summed E-state index contributed by atoms with van der Waals surface area (Å²) in [6.07, 6.45) is -1.30. The van der Waals surface area contributed by atoms with E-state index in [-0.39, 0.29) is 51.4 Å². The maximum absolute atomic E-state index is 11.9. The Bertz CT molecular complexity index is 217. The molecule has 0 aromatic rings. The first kappa shape index (κ1) is 18.3. The van der Waals surface area contributed by atoms with Gasteiger partial charge in [0.05, 0.1) is 6.04 Å². The molecule has 84 valence electrons. The molecule has 0 aliphatic carbocycles. The molecule has 15 heavy (non-hydrogen) atoms. The number of hydrogen-bond acceptors (Lipinski definition) is 3. The number of carbonyl (C=O) groups excluding carboxylic acids is 1. The van der Waals surface area contributed by atoms with Gasteiger partial charge in [0.25, 0.3) is 0 Å². The molecule has 0 bridgehead atoms. The zero-order valence-corrected chi connectivity index (χ0v) is 12.5. The Morgan fingerprint density at radius 2 is 1.80 bits per heavy atom. The van der Waals surface area contributed by atoms with Crippen molar-refractivity contribution < 1.29 is 73.9 Å². The molecule has 0 amide bonds. The van der Waals surface area contributed by atoms with Gasteiger partial charge in [-0.3, -0.25) is 4.79 Å². The van der Waals surface area contributed by atoms with Gasteiger partial charge in [-0.15, -0.1) is 0 Å². The first-order valence-corrected chi connectivity index (χ1v) is 4.21. The number of halogens is 3. The van der Waals surface area contributed by atoms with Crippen LogP contribution in [0.25, 0.3) is 0 Å². The van der Waals surface area contributed by atoms with Crippen molar-refractivity contribution in [3.05, 3.63) is 0 Å². The zero-order chi connectivity index (χ0) is 11.6. The van der Waals surface area contributed by atoms with Crippen LogP contribution in [-0.4, -0.2) is 24.6 Å². The number of ether oxygens (including phenoxy) is 1. The summed E-state index contributed by atoms with van der Waals surface area (Å²) in [5.41, 5.74) is 4.22. The quantitative estimate of drug-likeness (QED) is 0.491. The maximum atomic E-state index is 11.9. The Hall–Kier alpha value is 0.921. The van der Waals surface area contributed by atoms with E-state index in [1.54, 1.807) is 20.8 Å². The molecule has 0 spiro atoms. The molecule has 0 radical (unpaired) electrons. The van der Waals surface area contributed by atoms with E-state index in [1.807, 2.05) is 0 Å². The van der Waals surface area contributed by atoms with Gasteiger partial charge in [0.2, 0.25) is 0 Å². The topological polar surface area (TPSA) is 52.3 Å². The van der Waals surface area contributed by atoms with Crippen molar-refractivity contribution in [1.82, 2.24) is 0 Å². The van der Waals surface area contributed by atoms with Gasteiger partial charge >= 0.3 is 64.3 Å². The van der Waals surface area contributed by atoms with E-state index < -0.39 is 30.9 Å². The summed E-state index contributed by atoms with van der Waals surface area (Å²) in [6.45, 7) is -0.352. The summed E-state index contributed by atoms with van der Waals surface area (Å²) >= 11 is 0. The fourth-order valence-corrected chi connectivity index (χ4v) is 0.762. The van der Waals surface area contributed by atoms with E-state index in [4.69, 9.17) is 10.5 Å². The minimum atomic E-state index is -5.05. The van der Waals surface area contributed by atoms with Crippen molar-refractivity contribution in [2.75, 3.05) is 0 Å². The van der Waals surface area contributed by atoms with E-state index in [0.29, 0.717) is 0 Å². The molecule has 1 unspecified atom stereocenters. The second-order valence-electron chi connectivity index (χ2n) is 4.09. The molecule has 0 fully saturated rings. The Balaban J connectivity index is 0. The predicted molar refractivity (Wildman–Crippen MR) is 47.7 cm³/mol. The van der Waals surface area contributed by atoms with E-state index in [2.05, 4.69) is 0 Å². The maximum Gasteiger partial charge on any atom is 1.00 e. The van der Waals surface area contributed by atoms with E-state index in [9.17, 15) is 17.7 Å². The molecule has 0 rings (SSSR count). The van der Waals surface area contributed by atoms with Crippen LogP contribution >= 0.6 is 0 Å². The van der Waals surface area contributed by atoms with Crippen molar-refractivity contribution in [3.8, 4) is 0 Å². The number of carbonyl (C=O) groups is 1. The van der Waals surface area contributed by atoms with Crippen molar-refractivity contribution in [1.29, 1.82) is 0 Å². The van der Waals surface area contributed by atoms with Crippen LogP contribution in [0.15, 0.2) is 0 Å². The zero-order valence-electron chi connectivity index (χ0n) is 9.39. The Kier molecular flexibility index (Phi) is 8.06. The summed E-state index contributed by atoms with van der Waals surface area (Å²) in [5.74, 6) is -1.02. The van der Waals surface area contributed by atoms with Crippen LogP contribution < -0.4 is 57.1 Å². The third-order valence-corrected chi connectivity index (χ3v) is 1.23. The van der Waals surface area contributed by atoms with Crippen LogP contribution in [0.3, 0.4) is 0 Å². The molecule has 0 saturated carbocycles. The molecule has 0 aromatic heterocycles. The normalized spacial score (nSPS) is 14.1. The molecular formula is C7H14BF3KNO2. The molecule has 1 atom stereocenters. The number of hydrogen-bond donors (Lipinski definition) is 1. The minimum Gasteiger partial charge on any atom is -0.459 e. The molecule has 8 heteroatoms. The van der Waals surface area contributed by atoms with E-state index in [0.717, 1.165) is 0 Å². The molecular weight excluding hydrogens is 237 g/mol. The van der Waals surface area contributed by atoms with Gasteiger partial charge in [0.15, 0.2) is 0 Å². The van der Waals surface area contributed by atoms with Gasteiger partial charge in [0.1, 0.15) is 5.60 Å². The van der Waals surface area contributed by atoms with Gasteiger partial charge in [-0.05, 0) is 20.8 Å². The van der Waals surface area contributed by atoms with Gasteiger partial charge in [-0.25, -0.2) is 0 Å². The SMILES string of the molecule is CC(C)(C)OC(=O)C(N)C[B-](F)(F)F.[K+].